The predicted molar refractivity (Wildman–Crippen MR) is 103 cm³/mol. The van der Waals surface area contributed by atoms with Gasteiger partial charge in [0.15, 0.2) is 5.96 Å². The molecule has 0 atom stereocenters. The molecule has 1 aromatic rings. The lowest BCUT2D eigenvalue weighted by Crippen LogP contribution is -2.40. The maximum absolute atomic E-state index is 13.2. The fourth-order valence-corrected chi connectivity index (χ4v) is 3.88. The summed E-state index contributed by atoms with van der Waals surface area (Å²) in [5.41, 5.74) is 0.946. The molecule has 1 aromatic carbocycles. The summed E-state index contributed by atoms with van der Waals surface area (Å²) in [6, 6.07) is 6.61. The second-order valence-electron chi connectivity index (χ2n) is 6.63. The monoisotopic (exact) mass is 384 g/mol. The molecule has 146 valence electrons. The zero-order valence-corrected chi connectivity index (χ0v) is 16.4. The molecule has 2 N–H and O–H groups in total. The Labute approximate surface area is 155 Å². The Hall–Kier alpha value is -1.67. The fourth-order valence-electron chi connectivity index (χ4n) is 3.00. The Kier molecular flexibility index (Phi) is 7.84. The minimum atomic E-state index is -3.08. The summed E-state index contributed by atoms with van der Waals surface area (Å²) in [5.74, 6) is 0.921. The molecule has 1 aliphatic heterocycles. The number of piperidine rings is 1. The van der Waals surface area contributed by atoms with E-state index in [4.69, 9.17) is 0 Å². The van der Waals surface area contributed by atoms with Crippen molar-refractivity contribution in [3.8, 4) is 0 Å². The van der Waals surface area contributed by atoms with Gasteiger partial charge in [-0.15, -0.1) is 0 Å². The van der Waals surface area contributed by atoms with Crippen molar-refractivity contribution < 1.29 is 12.8 Å². The van der Waals surface area contributed by atoms with Crippen LogP contribution in [0.1, 0.15) is 25.3 Å². The minimum Gasteiger partial charge on any atom is -0.357 e. The molecule has 0 radical (unpaired) electrons. The lowest BCUT2D eigenvalue weighted by atomic mass is 9.98. The van der Waals surface area contributed by atoms with E-state index >= 15 is 0 Å². The molecular formula is C18H29FN4O2S. The molecule has 0 bridgehead atoms. The van der Waals surface area contributed by atoms with Crippen LogP contribution in [-0.2, 0) is 16.4 Å². The van der Waals surface area contributed by atoms with Gasteiger partial charge >= 0.3 is 0 Å². The average molecular weight is 385 g/mol. The zero-order chi connectivity index (χ0) is 19.0. The minimum absolute atomic E-state index is 0.219. The van der Waals surface area contributed by atoms with Crippen molar-refractivity contribution in [2.24, 2.45) is 10.9 Å². The number of benzene rings is 1. The number of nitrogens with zero attached hydrogens (tertiary/aromatic N) is 2. The molecule has 2 rings (SSSR count). The van der Waals surface area contributed by atoms with E-state index in [1.807, 2.05) is 13.0 Å². The van der Waals surface area contributed by atoms with Gasteiger partial charge in [0.25, 0.3) is 0 Å². The van der Waals surface area contributed by atoms with Crippen molar-refractivity contribution in [3.05, 3.63) is 35.6 Å². The van der Waals surface area contributed by atoms with Crippen molar-refractivity contribution in [2.75, 3.05) is 39.0 Å². The number of rotatable bonds is 7. The van der Waals surface area contributed by atoms with Gasteiger partial charge < -0.3 is 10.6 Å². The molecule has 0 aromatic heterocycles. The highest BCUT2D eigenvalue weighted by molar-refractivity contribution is 7.88. The Morgan fingerprint density at radius 1 is 1.31 bits per heavy atom. The van der Waals surface area contributed by atoms with Crippen LogP contribution in [0.15, 0.2) is 29.3 Å². The van der Waals surface area contributed by atoms with Gasteiger partial charge in [0.1, 0.15) is 5.82 Å². The first-order chi connectivity index (χ1) is 12.4. The Morgan fingerprint density at radius 2 is 2.04 bits per heavy atom. The maximum Gasteiger partial charge on any atom is 0.211 e. The van der Waals surface area contributed by atoms with Crippen LogP contribution >= 0.6 is 0 Å². The van der Waals surface area contributed by atoms with E-state index in [0.717, 1.165) is 37.3 Å². The third-order valence-corrected chi connectivity index (χ3v) is 5.79. The topological polar surface area (TPSA) is 73.8 Å². The molecule has 1 saturated heterocycles. The molecule has 0 aliphatic carbocycles. The van der Waals surface area contributed by atoms with Crippen molar-refractivity contribution in [3.63, 3.8) is 0 Å². The smallest absolute Gasteiger partial charge is 0.211 e. The van der Waals surface area contributed by atoms with E-state index < -0.39 is 10.0 Å². The largest absolute Gasteiger partial charge is 0.357 e. The van der Waals surface area contributed by atoms with Gasteiger partial charge in [0, 0.05) is 32.7 Å². The summed E-state index contributed by atoms with van der Waals surface area (Å²) >= 11 is 0. The molecule has 1 heterocycles. The first-order valence-electron chi connectivity index (χ1n) is 9.10. The summed E-state index contributed by atoms with van der Waals surface area (Å²) in [6.07, 6.45) is 3.64. The van der Waals surface area contributed by atoms with E-state index in [1.165, 1.54) is 16.6 Å². The second-order valence-corrected chi connectivity index (χ2v) is 8.61. The Bertz CT molecular complexity index is 701. The first kappa shape index (κ1) is 20.6. The van der Waals surface area contributed by atoms with E-state index in [-0.39, 0.29) is 5.82 Å². The molecule has 1 fully saturated rings. The SMILES string of the molecule is CCNC(=NCC1CCN(S(C)(=O)=O)CC1)NCCc1cccc(F)c1. The summed E-state index contributed by atoms with van der Waals surface area (Å²) in [5, 5.41) is 6.48. The van der Waals surface area contributed by atoms with Gasteiger partial charge in [0.05, 0.1) is 6.26 Å². The number of hydrogen-bond donors (Lipinski definition) is 2. The van der Waals surface area contributed by atoms with Crippen LogP contribution in [0.3, 0.4) is 0 Å². The lowest BCUT2D eigenvalue weighted by molar-refractivity contribution is 0.280. The maximum atomic E-state index is 13.2. The zero-order valence-electron chi connectivity index (χ0n) is 15.5. The van der Waals surface area contributed by atoms with Gasteiger partial charge in [-0.3, -0.25) is 4.99 Å². The number of aliphatic imine (C=N–C) groups is 1. The summed E-state index contributed by atoms with van der Waals surface area (Å²) in [6.45, 7) is 5.26. The number of sulfonamides is 1. The van der Waals surface area contributed by atoms with E-state index in [0.29, 0.717) is 32.1 Å². The summed E-state index contributed by atoms with van der Waals surface area (Å²) < 4.78 is 37.9. The highest BCUT2D eigenvalue weighted by Crippen LogP contribution is 2.19. The van der Waals surface area contributed by atoms with Gasteiger partial charge in [-0.05, 0) is 49.8 Å². The average Bonchev–Trinajstić information content (AvgIpc) is 2.59. The second kappa shape index (κ2) is 9.87. The summed E-state index contributed by atoms with van der Waals surface area (Å²) in [7, 11) is -3.08. The molecule has 0 unspecified atom stereocenters. The molecule has 6 nitrogen and oxygen atoms in total. The Balaban J connectivity index is 1.79. The third-order valence-electron chi connectivity index (χ3n) is 4.49. The number of guanidine groups is 1. The predicted octanol–water partition coefficient (Wildman–Crippen LogP) is 1.59. The first-order valence-corrected chi connectivity index (χ1v) is 10.9. The third kappa shape index (κ3) is 6.92. The van der Waals surface area contributed by atoms with Gasteiger partial charge in [-0.2, -0.15) is 0 Å². The number of halogens is 1. The van der Waals surface area contributed by atoms with Crippen LogP contribution in [0, 0.1) is 11.7 Å². The van der Waals surface area contributed by atoms with Crippen molar-refractivity contribution in [1.29, 1.82) is 0 Å². The van der Waals surface area contributed by atoms with Crippen molar-refractivity contribution in [1.82, 2.24) is 14.9 Å². The molecule has 26 heavy (non-hydrogen) atoms. The molecule has 0 amide bonds. The highest BCUT2D eigenvalue weighted by atomic mass is 32.2. The van der Waals surface area contributed by atoms with Gasteiger partial charge in [0.2, 0.25) is 10.0 Å². The molecular weight excluding hydrogens is 355 g/mol. The van der Waals surface area contributed by atoms with Crippen molar-refractivity contribution in [2.45, 2.75) is 26.2 Å². The van der Waals surface area contributed by atoms with Crippen LogP contribution in [0.25, 0.3) is 0 Å². The summed E-state index contributed by atoms with van der Waals surface area (Å²) in [4.78, 5) is 4.63. The van der Waals surface area contributed by atoms with E-state index in [9.17, 15) is 12.8 Å². The number of nitrogens with one attached hydrogen (secondary N) is 2. The molecule has 0 spiro atoms. The number of hydrogen-bond acceptors (Lipinski definition) is 3. The van der Waals surface area contributed by atoms with Crippen LogP contribution in [0.5, 0.6) is 0 Å². The van der Waals surface area contributed by atoms with Crippen LogP contribution in [-0.4, -0.2) is 57.7 Å². The Morgan fingerprint density at radius 3 is 2.65 bits per heavy atom. The van der Waals surface area contributed by atoms with E-state index in [1.54, 1.807) is 12.1 Å². The molecule has 0 saturated carbocycles. The highest BCUT2D eigenvalue weighted by Gasteiger charge is 2.24. The van der Waals surface area contributed by atoms with Gasteiger partial charge in [-0.25, -0.2) is 17.1 Å². The lowest BCUT2D eigenvalue weighted by Gasteiger charge is -2.29. The normalized spacial score (nSPS) is 17.3. The van der Waals surface area contributed by atoms with Crippen LogP contribution in [0.4, 0.5) is 4.39 Å². The van der Waals surface area contributed by atoms with Crippen LogP contribution < -0.4 is 10.6 Å². The standard InChI is InChI=1S/C18H29FN4O2S/c1-3-20-18(21-10-7-15-5-4-6-17(19)13-15)22-14-16-8-11-23(12-9-16)26(2,24)25/h4-6,13,16H,3,7-12,14H2,1-2H3,(H2,20,21,22). The quantitative estimate of drug-likeness (QED) is 0.553. The van der Waals surface area contributed by atoms with E-state index in [2.05, 4.69) is 15.6 Å². The van der Waals surface area contributed by atoms with Crippen molar-refractivity contribution >= 4 is 16.0 Å². The molecule has 8 heteroatoms. The fraction of sp³-hybridized carbons (Fsp3) is 0.611. The molecule has 1 aliphatic rings. The van der Waals surface area contributed by atoms with Crippen LogP contribution in [0.2, 0.25) is 0 Å². The van der Waals surface area contributed by atoms with Gasteiger partial charge in [-0.1, -0.05) is 12.1 Å².